The third kappa shape index (κ3) is 2.27. The van der Waals surface area contributed by atoms with Gasteiger partial charge in [-0.25, -0.2) is 6.57 Å². The SMILES string of the molecule is [C-]#[N+][C@H](C)CC1CC[C@@H]2O[C@@H]3C[C@]2(CO[C@H]3OC)O1. The molecule has 0 aromatic heterocycles. The van der Waals surface area contributed by atoms with E-state index < -0.39 is 0 Å². The van der Waals surface area contributed by atoms with Crippen molar-refractivity contribution < 1.29 is 18.9 Å². The minimum Gasteiger partial charge on any atom is -0.366 e. The largest absolute Gasteiger partial charge is 0.366 e. The predicted molar refractivity (Wildman–Crippen MR) is 67.5 cm³/mol. The molecule has 3 saturated heterocycles. The molecule has 2 bridgehead atoms. The Balaban J connectivity index is 1.68. The number of fused-ring (bicyclic) bond motifs is 1. The third-order valence-electron chi connectivity index (χ3n) is 4.48. The Bertz CT molecular complexity index is 382. The first-order valence-corrected chi connectivity index (χ1v) is 7.01. The van der Waals surface area contributed by atoms with E-state index in [-0.39, 0.29) is 36.2 Å². The Labute approximate surface area is 114 Å². The molecule has 106 valence electrons. The van der Waals surface area contributed by atoms with Crippen LogP contribution in [0.25, 0.3) is 4.85 Å². The molecule has 0 amide bonds. The lowest BCUT2D eigenvalue weighted by Crippen LogP contribution is -2.54. The van der Waals surface area contributed by atoms with E-state index in [9.17, 15) is 0 Å². The lowest BCUT2D eigenvalue weighted by atomic mass is 9.85. The molecule has 0 N–H and O–H groups in total. The fraction of sp³-hybridized carbons (Fsp3) is 0.929. The number of nitrogens with zero attached hydrogens (tertiary/aromatic N) is 1. The van der Waals surface area contributed by atoms with E-state index >= 15 is 0 Å². The van der Waals surface area contributed by atoms with Crippen molar-refractivity contribution in [1.29, 1.82) is 0 Å². The molecule has 3 rings (SSSR count). The highest BCUT2D eigenvalue weighted by Gasteiger charge is 2.58. The predicted octanol–water partition coefficient (Wildman–Crippen LogP) is 1.76. The normalized spacial score (nSPS) is 46.4. The van der Waals surface area contributed by atoms with Crippen molar-refractivity contribution in [2.24, 2.45) is 0 Å². The number of hydrogen-bond donors (Lipinski definition) is 0. The number of methoxy groups -OCH3 is 1. The maximum absolute atomic E-state index is 7.07. The molecule has 0 aromatic rings. The summed E-state index contributed by atoms with van der Waals surface area (Å²) in [6, 6.07) is 0.0206. The maximum atomic E-state index is 7.07. The summed E-state index contributed by atoms with van der Waals surface area (Å²) in [6.07, 6.45) is 3.61. The van der Waals surface area contributed by atoms with Gasteiger partial charge < -0.3 is 23.8 Å². The summed E-state index contributed by atoms with van der Waals surface area (Å²) >= 11 is 0. The molecule has 1 unspecified atom stereocenters. The summed E-state index contributed by atoms with van der Waals surface area (Å²) in [6.45, 7) is 9.55. The van der Waals surface area contributed by atoms with Gasteiger partial charge in [0, 0.05) is 26.9 Å². The molecule has 5 heteroatoms. The van der Waals surface area contributed by atoms with Gasteiger partial charge in [-0.05, 0) is 12.8 Å². The zero-order valence-electron chi connectivity index (χ0n) is 11.5. The molecule has 0 saturated carbocycles. The van der Waals surface area contributed by atoms with Crippen LogP contribution in [0.2, 0.25) is 0 Å². The van der Waals surface area contributed by atoms with Crippen LogP contribution < -0.4 is 0 Å². The summed E-state index contributed by atoms with van der Waals surface area (Å²) < 4.78 is 23.3. The van der Waals surface area contributed by atoms with Gasteiger partial charge in [-0.3, -0.25) is 0 Å². The second kappa shape index (κ2) is 5.02. The van der Waals surface area contributed by atoms with Gasteiger partial charge in [0.25, 0.3) is 0 Å². The van der Waals surface area contributed by atoms with Crippen molar-refractivity contribution >= 4 is 0 Å². The first-order chi connectivity index (χ1) is 9.16. The minimum atomic E-state index is -0.301. The summed E-state index contributed by atoms with van der Waals surface area (Å²) in [4.78, 5) is 3.56. The summed E-state index contributed by atoms with van der Waals surface area (Å²) in [5.41, 5.74) is -0.301. The van der Waals surface area contributed by atoms with Gasteiger partial charge in [-0.2, -0.15) is 0 Å². The molecular formula is C14H21NO4. The third-order valence-corrected chi connectivity index (χ3v) is 4.48. The zero-order chi connectivity index (χ0) is 13.5. The highest BCUT2D eigenvalue weighted by atomic mass is 16.7. The first kappa shape index (κ1) is 13.3. The molecule has 0 aromatic carbocycles. The fourth-order valence-electron chi connectivity index (χ4n) is 3.53. The number of rotatable bonds is 3. The Kier molecular flexibility index (Phi) is 3.52. The molecule has 6 atom stereocenters. The molecule has 1 spiro atoms. The van der Waals surface area contributed by atoms with E-state index in [0.29, 0.717) is 6.61 Å². The van der Waals surface area contributed by atoms with Crippen molar-refractivity contribution in [3.05, 3.63) is 11.4 Å². The lowest BCUT2D eigenvalue weighted by Gasteiger charge is -2.43. The Morgan fingerprint density at radius 2 is 2.32 bits per heavy atom. The average molecular weight is 267 g/mol. The van der Waals surface area contributed by atoms with Crippen LogP contribution in [0.4, 0.5) is 0 Å². The van der Waals surface area contributed by atoms with Crippen LogP contribution in [0.15, 0.2) is 0 Å². The smallest absolute Gasteiger partial charge is 0.223 e. The minimum absolute atomic E-state index is 0.0132. The standard InChI is InChI=1S/C14H21NO4/c1-9(15-2)6-10-4-5-12-14(19-10)7-11(18-12)13(16-3)17-8-14/h9-13H,4-8H2,1,3H3/t9-,10?,11-,12+,13-,14-/m1/s1. The van der Waals surface area contributed by atoms with Crippen molar-refractivity contribution in [3.8, 4) is 0 Å². The molecule has 3 aliphatic heterocycles. The molecule has 19 heavy (non-hydrogen) atoms. The fourth-order valence-corrected chi connectivity index (χ4v) is 3.53. The van der Waals surface area contributed by atoms with E-state index in [2.05, 4.69) is 4.85 Å². The van der Waals surface area contributed by atoms with Crippen LogP contribution in [0, 0.1) is 6.57 Å². The van der Waals surface area contributed by atoms with E-state index in [1.807, 2.05) is 6.92 Å². The van der Waals surface area contributed by atoms with Gasteiger partial charge in [0.2, 0.25) is 6.04 Å². The van der Waals surface area contributed by atoms with E-state index in [1.165, 1.54) is 0 Å². The van der Waals surface area contributed by atoms with Crippen LogP contribution in [0.3, 0.4) is 0 Å². The Morgan fingerprint density at radius 1 is 1.47 bits per heavy atom. The second-order valence-electron chi connectivity index (χ2n) is 5.88. The van der Waals surface area contributed by atoms with Crippen molar-refractivity contribution in [3.63, 3.8) is 0 Å². The van der Waals surface area contributed by atoms with E-state index in [1.54, 1.807) is 7.11 Å². The lowest BCUT2D eigenvalue weighted by molar-refractivity contribution is -0.231. The van der Waals surface area contributed by atoms with Crippen molar-refractivity contribution in [2.45, 2.75) is 68.9 Å². The number of ether oxygens (including phenoxy) is 4. The van der Waals surface area contributed by atoms with Gasteiger partial charge in [0.1, 0.15) is 11.7 Å². The van der Waals surface area contributed by atoms with Crippen LogP contribution in [0.5, 0.6) is 0 Å². The van der Waals surface area contributed by atoms with Gasteiger partial charge in [-0.15, -0.1) is 0 Å². The molecule has 0 radical (unpaired) electrons. The van der Waals surface area contributed by atoms with Crippen LogP contribution in [-0.2, 0) is 18.9 Å². The summed E-state index contributed by atoms with van der Waals surface area (Å²) in [7, 11) is 1.65. The van der Waals surface area contributed by atoms with Crippen LogP contribution in [-0.4, -0.2) is 50.0 Å². The molecule has 0 aliphatic carbocycles. The van der Waals surface area contributed by atoms with Gasteiger partial charge in [0.15, 0.2) is 6.29 Å². The van der Waals surface area contributed by atoms with Gasteiger partial charge in [0.05, 0.1) is 18.8 Å². The number of hydrogen-bond acceptors (Lipinski definition) is 4. The van der Waals surface area contributed by atoms with Gasteiger partial charge >= 0.3 is 0 Å². The van der Waals surface area contributed by atoms with E-state index in [0.717, 1.165) is 25.7 Å². The molecule has 5 nitrogen and oxygen atoms in total. The quantitative estimate of drug-likeness (QED) is 0.731. The van der Waals surface area contributed by atoms with Crippen molar-refractivity contribution in [1.82, 2.24) is 0 Å². The molecular weight excluding hydrogens is 246 g/mol. The monoisotopic (exact) mass is 267 g/mol. The highest BCUT2D eigenvalue weighted by molar-refractivity contribution is 5.05. The van der Waals surface area contributed by atoms with Gasteiger partial charge in [-0.1, -0.05) is 0 Å². The second-order valence-corrected chi connectivity index (χ2v) is 5.88. The maximum Gasteiger partial charge on any atom is 0.223 e. The first-order valence-electron chi connectivity index (χ1n) is 7.01. The van der Waals surface area contributed by atoms with Crippen molar-refractivity contribution in [2.75, 3.05) is 13.7 Å². The molecule has 3 fully saturated rings. The Morgan fingerprint density at radius 3 is 3.05 bits per heavy atom. The Hall–Kier alpha value is -0.670. The van der Waals surface area contributed by atoms with Crippen LogP contribution in [0.1, 0.15) is 32.6 Å². The zero-order valence-corrected chi connectivity index (χ0v) is 11.5. The topological polar surface area (TPSA) is 41.3 Å². The molecule has 3 aliphatic rings. The van der Waals surface area contributed by atoms with Crippen LogP contribution >= 0.6 is 0 Å². The molecule has 3 heterocycles. The summed E-state index contributed by atoms with van der Waals surface area (Å²) in [5.74, 6) is 0. The average Bonchev–Trinajstić information content (AvgIpc) is 2.71. The summed E-state index contributed by atoms with van der Waals surface area (Å²) in [5, 5.41) is 0. The highest BCUT2D eigenvalue weighted by Crippen LogP contribution is 2.46. The van der Waals surface area contributed by atoms with E-state index in [4.69, 9.17) is 25.5 Å².